The molecule has 0 unspecified atom stereocenters. The molecular weight excluding hydrogens is 271 g/mol. The Morgan fingerprint density at radius 3 is 1.67 bits per heavy atom. The molecule has 0 aromatic heterocycles. The SMILES string of the molecule is CCCCCCCCCCCCC(Cl)(Cl)C(=O)O. The first kappa shape index (κ1) is 18.0. The van der Waals surface area contributed by atoms with Gasteiger partial charge in [-0.05, 0) is 12.8 Å². The van der Waals surface area contributed by atoms with E-state index < -0.39 is 10.3 Å². The number of carbonyl (C=O) groups is 1. The molecule has 2 nitrogen and oxygen atoms in total. The third-order valence-corrected chi connectivity index (χ3v) is 3.86. The Labute approximate surface area is 121 Å². The van der Waals surface area contributed by atoms with Crippen LogP contribution in [0, 0.1) is 0 Å². The van der Waals surface area contributed by atoms with Gasteiger partial charge in [-0.15, -0.1) is 0 Å². The summed E-state index contributed by atoms with van der Waals surface area (Å²) >= 11 is 11.3. The van der Waals surface area contributed by atoms with Gasteiger partial charge >= 0.3 is 5.97 Å². The second-order valence-corrected chi connectivity index (χ2v) is 6.43. The molecule has 0 radical (unpaired) electrons. The van der Waals surface area contributed by atoms with E-state index in [0.717, 1.165) is 19.3 Å². The zero-order chi connectivity index (χ0) is 13.9. The second-order valence-electron chi connectivity index (χ2n) is 4.94. The molecule has 108 valence electrons. The summed E-state index contributed by atoms with van der Waals surface area (Å²) in [6.07, 6.45) is 12.5. The third-order valence-electron chi connectivity index (χ3n) is 3.16. The lowest BCUT2D eigenvalue weighted by molar-refractivity contribution is -0.138. The highest BCUT2D eigenvalue weighted by Gasteiger charge is 2.32. The van der Waals surface area contributed by atoms with Gasteiger partial charge < -0.3 is 5.11 Å². The van der Waals surface area contributed by atoms with Crippen molar-refractivity contribution in [2.45, 2.75) is 81.9 Å². The second kappa shape index (κ2) is 10.9. The van der Waals surface area contributed by atoms with Gasteiger partial charge in [-0.1, -0.05) is 87.9 Å². The first-order valence-electron chi connectivity index (χ1n) is 7.12. The molecule has 0 aliphatic heterocycles. The number of carboxylic acid groups (broad SMARTS) is 1. The highest BCUT2D eigenvalue weighted by Crippen LogP contribution is 2.28. The Morgan fingerprint density at radius 2 is 1.28 bits per heavy atom. The smallest absolute Gasteiger partial charge is 0.340 e. The maximum Gasteiger partial charge on any atom is 0.340 e. The molecule has 0 spiro atoms. The summed E-state index contributed by atoms with van der Waals surface area (Å²) in [6.45, 7) is 2.23. The molecule has 1 N–H and O–H groups in total. The quantitative estimate of drug-likeness (QED) is 0.378. The topological polar surface area (TPSA) is 37.3 Å². The molecule has 0 saturated carbocycles. The van der Waals surface area contributed by atoms with Crippen molar-refractivity contribution in [2.24, 2.45) is 0 Å². The Hall–Kier alpha value is 0.0500. The fraction of sp³-hybridized carbons (Fsp3) is 0.929. The molecular formula is C14H26Cl2O2. The summed E-state index contributed by atoms with van der Waals surface area (Å²) in [4.78, 5) is 10.6. The van der Waals surface area contributed by atoms with Crippen molar-refractivity contribution in [1.29, 1.82) is 0 Å². The molecule has 0 heterocycles. The first-order valence-corrected chi connectivity index (χ1v) is 7.87. The molecule has 18 heavy (non-hydrogen) atoms. The number of alkyl halides is 2. The van der Waals surface area contributed by atoms with E-state index in [4.69, 9.17) is 28.3 Å². The maximum atomic E-state index is 10.6. The molecule has 0 aliphatic carbocycles. The van der Waals surface area contributed by atoms with Crippen LogP contribution in [-0.4, -0.2) is 15.4 Å². The lowest BCUT2D eigenvalue weighted by atomic mass is 10.1. The van der Waals surface area contributed by atoms with E-state index >= 15 is 0 Å². The van der Waals surface area contributed by atoms with Crippen LogP contribution in [0.25, 0.3) is 0 Å². The predicted molar refractivity (Wildman–Crippen MR) is 78.5 cm³/mol. The van der Waals surface area contributed by atoms with Crippen LogP contribution in [0.2, 0.25) is 0 Å². The van der Waals surface area contributed by atoms with Crippen LogP contribution in [0.3, 0.4) is 0 Å². The zero-order valence-electron chi connectivity index (χ0n) is 11.4. The van der Waals surface area contributed by atoms with Crippen LogP contribution in [-0.2, 0) is 4.79 Å². The number of hydrogen-bond acceptors (Lipinski definition) is 1. The molecule has 0 atom stereocenters. The lowest BCUT2D eigenvalue weighted by Gasteiger charge is -2.13. The van der Waals surface area contributed by atoms with Gasteiger partial charge in [0.2, 0.25) is 4.33 Å². The molecule has 0 amide bonds. The van der Waals surface area contributed by atoms with Crippen LogP contribution < -0.4 is 0 Å². The van der Waals surface area contributed by atoms with Crippen molar-refractivity contribution < 1.29 is 9.90 Å². The standard InChI is InChI=1S/C14H26Cl2O2/c1-2-3-4-5-6-7-8-9-10-11-12-14(15,16)13(17)18/h2-12H2,1H3,(H,17,18). The minimum atomic E-state index is -1.60. The number of unbranched alkanes of at least 4 members (excludes halogenated alkanes) is 9. The number of rotatable bonds is 12. The van der Waals surface area contributed by atoms with Gasteiger partial charge in [0.05, 0.1) is 0 Å². The van der Waals surface area contributed by atoms with Crippen molar-refractivity contribution in [1.82, 2.24) is 0 Å². The molecule has 0 aliphatic rings. The van der Waals surface area contributed by atoms with E-state index in [2.05, 4.69) is 6.92 Å². The summed E-state index contributed by atoms with van der Waals surface area (Å²) in [7, 11) is 0. The molecule has 0 aromatic carbocycles. The van der Waals surface area contributed by atoms with Crippen LogP contribution in [0.15, 0.2) is 0 Å². The van der Waals surface area contributed by atoms with E-state index in [1.54, 1.807) is 0 Å². The molecule has 0 aromatic rings. The van der Waals surface area contributed by atoms with Gasteiger partial charge in [0, 0.05) is 0 Å². The molecule has 0 fully saturated rings. The van der Waals surface area contributed by atoms with E-state index in [9.17, 15) is 4.79 Å². The number of halogens is 2. The lowest BCUT2D eigenvalue weighted by Crippen LogP contribution is -2.25. The van der Waals surface area contributed by atoms with E-state index in [-0.39, 0.29) is 0 Å². The van der Waals surface area contributed by atoms with Crippen molar-refractivity contribution in [3.63, 3.8) is 0 Å². The van der Waals surface area contributed by atoms with E-state index in [0.29, 0.717) is 6.42 Å². The van der Waals surface area contributed by atoms with Crippen LogP contribution in [0.5, 0.6) is 0 Å². The van der Waals surface area contributed by atoms with Crippen LogP contribution >= 0.6 is 23.2 Å². The van der Waals surface area contributed by atoms with Crippen molar-refractivity contribution >= 4 is 29.2 Å². The number of aliphatic carboxylic acids is 1. The summed E-state index contributed by atoms with van der Waals surface area (Å²) in [5.41, 5.74) is 0. The summed E-state index contributed by atoms with van der Waals surface area (Å²) in [5.74, 6) is -1.14. The monoisotopic (exact) mass is 296 g/mol. The average molecular weight is 297 g/mol. The molecule has 4 heteroatoms. The van der Waals surface area contributed by atoms with Gasteiger partial charge in [0.1, 0.15) is 0 Å². The summed E-state index contributed by atoms with van der Waals surface area (Å²) in [6, 6.07) is 0. The minimum absolute atomic E-state index is 0.335. The fourth-order valence-electron chi connectivity index (χ4n) is 1.94. The fourth-order valence-corrected chi connectivity index (χ4v) is 2.21. The first-order chi connectivity index (χ1) is 8.50. The van der Waals surface area contributed by atoms with Gasteiger partial charge in [-0.2, -0.15) is 0 Å². The van der Waals surface area contributed by atoms with Crippen molar-refractivity contribution in [3.8, 4) is 0 Å². The number of hydrogen-bond donors (Lipinski definition) is 1. The largest absolute Gasteiger partial charge is 0.479 e. The zero-order valence-corrected chi connectivity index (χ0v) is 12.9. The molecule has 0 saturated heterocycles. The predicted octanol–water partition coefficient (Wildman–Crippen LogP) is 5.56. The van der Waals surface area contributed by atoms with Crippen molar-refractivity contribution in [3.05, 3.63) is 0 Å². The number of carboxylic acids is 1. The highest BCUT2D eigenvalue weighted by molar-refractivity contribution is 6.57. The minimum Gasteiger partial charge on any atom is -0.479 e. The molecule has 0 bridgehead atoms. The summed E-state index contributed by atoms with van der Waals surface area (Å²) in [5, 5.41) is 8.72. The molecule has 0 rings (SSSR count). The van der Waals surface area contributed by atoms with Crippen LogP contribution in [0.4, 0.5) is 0 Å². The van der Waals surface area contributed by atoms with Gasteiger partial charge in [-0.25, -0.2) is 4.79 Å². The van der Waals surface area contributed by atoms with Crippen LogP contribution in [0.1, 0.15) is 77.6 Å². The Morgan fingerprint density at radius 1 is 0.889 bits per heavy atom. The van der Waals surface area contributed by atoms with E-state index in [1.165, 1.54) is 44.9 Å². The third kappa shape index (κ3) is 10.0. The van der Waals surface area contributed by atoms with Crippen molar-refractivity contribution in [2.75, 3.05) is 0 Å². The van der Waals surface area contributed by atoms with Gasteiger partial charge in [-0.3, -0.25) is 0 Å². The van der Waals surface area contributed by atoms with E-state index in [1.807, 2.05) is 0 Å². The Balaban J connectivity index is 3.24. The van der Waals surface area contributed by atoms with Gasteiger partial charge in [0.15, 0.2) is 0 Å². The highest BCUT2D eigenvalue weighted by atomic mass is 35.5. The maximum absolute atomic E-state index is 10.6. The normalized spacial score (nSPS) is 11.7. The Kier molecular flexibility index (Phi) is 11.0. The summed E-state index contributed by atoms with van der Waals surface area (Å²) < 4.78 is -1.60. The average Bonchev–Trinajstić information content (AvgIpc) is 2.31. The Bertz CT molecular complexity index is 218. The van der Waals surface area contributed by atoms with Gasteiger partial charge in [0.25, 0.3) is 0 Å².